The fraction of sp³-hybridized carbons (Fsp3) is 1.00. The predicted octanol–water partition coefficient (Wildman–Crippen LogP) is 2.32. The van der Waals surface area contributed by atoms with E-state index in [0.717, 1.165) is 6.54 Å². The van der Waals surface area contributed by atoms with E-state index in [2.05, 4.69) is 31.2 Å². The molecule has 2 saturated heterocycles. The van der Waals surface area contributed by atoms with Gasteiger partial charge in [0.1, 0.15) is 0 Å². The van der Waals surface area contributed by atoms with E-state index in [1.54, 1.807) is 0 Å². The first-order chi connectivity index (χ1) is 7.66. The van der Waals surface area contributed by atoms with E-state index in [9.17, 15) is 0 Å². The highest BCUT2D eigenvalue weighted by molar-refractivity contribution is 4.78. The van der Waals surface area contributed by atoms with Crippen molar-refractivity contribution in [1.82, 2.24) is 10.4 Å². The number of nitrogens with zero attached hydrogens (tertiary/aromatic N) is 1. The number of nitrogens with one attached hydrogen (secondary N) is 1. The van der Waals surface area contributed by atoms with Crippen LogP contribution < -0.4 is 5.43 Å². The summed E-state index contributed by atoms with van der Waals surface area (Å²) >= 11 is 0. The molecule has 16 heavy (non-hydrogen) atoms. The molecule has 0 saturated carbocycles. The number of hydrogen-bond acceptors (Lipinski definition) is 3. The second kappa shape index (κ2) is 5.48. The smallest absolute Gasteiger partial charge is 0.0718 e. The highest BCUT2D eigenvalue weighted by atomic mass is 16.5. The summed E-state index contributed by atoms with van der Waals surface area (Å²) in [6, 6.07) is 1.34. The van der Waals surface area contributed by atoms with Gasteiger partial charge in [-0.25, -0.2) is 5.01 Å². The monoisotopic (exact) mass is 226 g/mol. The molecule has 0 aromatic carbocycles. The van der Waals surface area contributed by atoms with Crippen LogP contribution in [-0.4, -0.2) is 35.8 Å². The molecule has 0 aromatic rings. The van der Waals surface area contributed by atoms with Gasteiger partial charge in [-0.15, -0.1) is 0 Å². The lowest BCUT2D eigenvalue weighted by molar-refractivity contribution is 0.00473. The highest BCUT2D eigenvalue weighted by Crippen LogP contribution is 2.22. The van der Waals surface area contributed by atoms with E-state index in [0.29, 0.717) is 24.3 Å². The lowest BCUT2D eigenvalue weighted by Gasteiger charge is -2.39. The second-order valence-corrected chi connectivity index (χ2v) is 5.54. The molecule has 3 nitrogen and oxygen atoms in total. The average molecular weight is 226 g/mol. The molecule has 3 heteroatoms. The fourth-order valence-corrected chi connectivity index (χ4v) is 2.98. The molecule has 0 aromatic heterocycles. The maximum Gasteiger partial charge on any atom is 0.0718 e. The van der Waals surface area contributed by atoms with E-state index < -0.39 is 0 Å². The molecule has 2 aliphatic rings. The molecular weight excluding hydrogens is 200 g/mol. The molecule has 2 rings (SSSR count). The van der Waals surface area contributed by atoms with Crippen LogP contribution in [0.2, 0.25) is 0 Å². The minimum absolute atomic E-state index is 0.427. The second-order valence-electron chi connectivity index (χ2n) is 5.54. The van der Waals surface area contributed by atoms with Crippen molar-refractivity contribution in [3.8, 4) is 0 Å². The maximum atomic E-state index is 5.83. The Morgan fingerprint density at radius 3 is 2.31 bits per heavy atom. The van der Waals surface area contributed by atoms with Crippen LogP contribution in [0.4, 0.5) is 0 Å². The van der Waals surface area contributed by atoms with Crippen LogP contribution in [0, 0.1) is 0 Å². The van der Waals surface area contributed by atoms with Crippen LogP contribution in [0.25, 0.3) is 0 Å². The SMILES string of the molecule is CC1CCC(CNN2C(C)CCCC2C)O1. The number of piperidine rings is 1. The summed E-state index contributed by atoms with van der Waals surface area (Å²) in [5.74, 6) is 0. The van der Waals surface area contributed by atoms with E-state index in [-0.39, 0.29) is 0 Å². The standard InChI is InChI=1S/C13H26N2O/c1-10-5-4-6-11(2)15(10)14-9-13-8-7-12(3)16-13/h10-14H,4-9H2,1-3H3. The molecule has 4 unspecified atom stereocenters. The van der Waals surface area contributed by atoms with Crippen LogP contribution in [0.1, 0.15) is 52.9 Å². The van der Waals surface area contributed by atoms with Crippen LogP contribution in [0.3, 0.4) is 0 Å². The Hall–Kier alpha value is -0.120. The van der Waals surface area contributed by atoms with Gasteiger partial charge in [-0.3, -0.25) is 5.43 Å². The number of ether oxygens (including phenoxy) is 1. The lowest BCUT2D eigenvalue weighted by atomic mass is 10.00. The van der Waals surface area contributed by atoms with Crippen molar-refractivity contribution in [3.05, 3.63) is 0 Å². The van der Waals surface area contributed by atoms with Crippen molar-refractivity contribution < 1.29 is 4.74 Å². The Morgan fingerprint density at radius 1 is 1.06 bits per heavy atom. The van der Waals surface area contributed by atoms with Crippen molar-refractivity contribution in [2.45, 2.75) is 77.2 Å². The summed E-state index contributed by atoms with van der Waals surface area (Å²) in [5.41, 5.74) is 3.59. The van der Waals surface area contributed by atoms with E-state index in [1.807, 2.05) is 0 Å². The lowest BCUT2D eigenvalue weighted by Crippen LogP contribution is -2.53. The molecule has 2 heterocycles. The zero-order valence-electron chi connectivity index (χ0n) is 10.9. The summed E-state index contributed by atoms with van der Waals surface area (Å²) in [6.07, 6.45) is 7.33. The van der Waals surface area contributed by atoms with Crippen molar-refractivity contribution in [2.24, 2.45) is 0 Å². The Kier molecular flexibility index (Phi) is 4.22. The Balaban J connectivity index is 1.75. The topological polar surface area (TPSA) is 24.5 Å². The van der Waals surface area contributed by atoms with Crippen LogP contribution in [0.5, 0.6) is 0 Å². The first kappa shape index (κ1) is 12.3. The fourth-order valence-electron chi connectivity index (χ4n) is 2.98. The van der Waals surface area contributed by atoms with E-state index in [4.69, 9.17) is 4.74 Å². The number of rotatable bonds is 3. The number of hydrazine groups is 1. The maximum absolute atomic E-state index is 5.83. The molecule has 2 fully saturated rings. The Labute approximate surface area is 99.5 Å². The van der Waals surface area contributed by atoms with Gasteiger partial charge < -0.3 is 4.74 Å². The van der Waals surface area contributed by atoms with Gasteiger partial charge in [-0.1, -0.05) is 6.42 Å². The van der Waals surface area contributed by atoms with Gasteiger partial charge in [0.2, 0.25) is 0 Å². The Bertz CT molecular complexity index is 212. The van der Waals surface area contributed by atoms with Crippen molar-refractivity contribution in [2.75, 3.05) is 6.54 Å². The molecule has 0 amide bonds. The van der Waals surface area contributed by atoms with Crippen LogP contribution in [0.15, 0.2) is 0 Å². The van der Waals surface area contributed by atoms with Gasteiger partial charge in [0, 0.05) is 18.6 Å². The third-order valence-electron chi connectivity index (χ3n) is 4.01. The van der Waals surface area contributed by atoms with E-state index >= 15 is 0 Å². The Morgan fingerprint density at radius 2 is 1.75 bits per heavy atom. The minimum atomic E-state index is 0.427. The summed E-state index contributed by atoms with van der Waals surface area (Å²) in [7, 11) is 0. The zero-order valence-corrected chi connectivity index (χ0v) is 10.9. The molecular formula is C13H26N2O. The summed E-state index contributed by atoms with van der Waals surface area (Å²) in [5, 5.41) is 2.44. The number of hydrogen-bond donors (Lipinski definition) is 1. The van der Waals surface area contributed by atoms with Crippen LogP contribution >= 0.6 is 0 Å². The quantitative estimate of drug-likeness (QED) is 0.799. The molecule has 2 aliphatic heterocycles. The van der Waals surface area contributed by atoms with Gasteiger partial charge in [-0.05, 0) is 46.5 Å². The van der Waals surface area contributed by atoms with Crippen molar-refractivity contribution in [3.63, 3.8) is 0 Å². The molecule has 94 valence electrons. The van der Waals surface area contributed by atoms with Gasteiger partial charge in [0.15, 0.2) is 0 Å². The third kappa shape index (κ3) is 2.96. The summed E-state index contributed by atoms with van der Waals surface area (Å²) in [4.78, 5) is 0. The molecule has 4 atom stereocenters. The molecule has 0 spiro atoms. The van der Waals surface area contributed by atoms with Crippen molar-refractivity contribution in [1.29, 1.82) is 0 Å². The third-order valence-corrected chi connectivity index (χ3v) is 4.01. The molecule has 0 bridgehead atoms. The van der Waals surface area contributed by atoms with Gasteiger partial charge in [0.05, 0.1) is 12.2 Å². The van der Waals surface area contributed by atoms with Crippen LogP contribution in [-0.2, 0) is 4.74 Å². The normalized spacial score (nSPS) is 41.4. The van der Waals surface area contributed by atoms with Gasteiger partial charge in [-0.2, -0.15) is 0 Å². The molecule has 0 radical (unpaired) electrons. The minimum Gasteiger partial charge on any atom is -0.374 e. The first-order valence-electron chi connectivity index (χ1n) is 6.84. The zero-order chi connectivity index (χ0) is 11.5. The largest absolute Gasteiger partial charge is 0.374 e. The summed E-state index contributed by atoms with van der Waals surface area (Å²) < 4.78 is 5.83. The average Bonchev–Trinajstić information content (AvgIpc) is 2.63. The predicted molar refractivity (Wildman–Crippen MR) is 66.2 cm³/mol. The molecule has 0 aliphatic carbocycles. The van der Waals surface area contributed by atoms with Crippen molar-refractivity contribution >= 4 is 0 Å². The first-order valence-corrected chi connectivity index (χ1v) is 6.84. The van der Waals surface area contributed by atoms with Gasteiger partial charge in [0.25, 0.3) is 0 Å². The highest BCUT2D eigenvalue weighted by Gasteiger charge is 2.27. The summed E-state index contributed by atoms with van der Waals surface area (Å²) in [6.45, 7) is 7.80. The van der Waals surface area contributed by atoms with Gasteiger partial charge >= 0.3 is 0 Å². The van der Waals surface area contributed by atoms with E-state index in [1.165, 1.54) is 32.1 Å². The molecule has 1 N–H and O–H groups in total.